The van der Waals surface area contributed by atoms with E-state index in [0.29, 0.717) is 11.7 Å². The summed E-state index contributed by atoms with van der Waals surface area (Å²) in [6.07, 6.45) is 2.84. The standard InChI is InChI=1S/C9H18N2/c1-5-7(3)8(4)9(10)11-6-2/h6-7H,5,10H2,1-4H3/b9-8+,11-6?/t7-/m0/s1. The zero-order chi connectivity index (χ0) is 8.85. The van der Waals surface area contributed by atoms with Crippen LogP contribution in [0, 0.1) is 5.92 Å². The van der Waals surface area contributed by atoms with E-state index in [-0.39, 0.29) is 0 Å². The lowest BCUT2D eigenvalue weighted by atomic mass is 10.0. The highest BCUT2D eigenvalue weighted by molar-refractivity contribution is 5.55. The summed E-state index contributed by atoms with van der Waals surface area (Å²) in [5.41, 5.74) is 6.87. The van der Waals surface area contributed by atoms with Gasteiger partial charge in [-0.05, 0) is 31.8 Å². The molecule has 0 amide bonds. The Morgan fingerprint density at radius 2 is 2.18 bits per heavy atom. The Kier molecular flexibility index (Phi) is 4.59. The van der Waals surface area contributed by atoms with E-state index < -0.39 is 0 Å². The molecule has 0 spiro atoms. The summed E-state index contributed by atoms with van der Waals surface area (Å²) < 4.78 is 0. The van der Waals surface area contributed by atoms with Crippen LogP contribution in [0.15, 0.2) is 16.4 Å². The van der Waals surface area contributed by atoms with Crippen molar-refractivity contribution in [2.75, 3.05) is 0 Å². The average molecular weight is 154 g/mol. The monoisotopic (exact) mass is 154 g/mol. The van der Waals surface area contributed by atoms with Gasteiger partial charge < -0.3 is 5.73 Å². The van der Waals surface area contributed by atoms with E-state index in [2.05, 4.69) is 18.8 Å². The zero-order valence-corrected chi connectivity index (χ0v) is 7.89. The number of hydrogen-bond donors (Lipinski definition) is 1. The Morgan fingerprint density at radius 1 is 1.64 bits per heavy atom. The summed E-state index contributed by atoms with van der Waals surface area (Å²) >= 11 is 0. The second-order valence-electron chi connectivity index (χ2n) is 2.76. The van der Waals surface area contributed by atoms with Gasteiger partial charge in [0, 0.05) is 6.21 Å². The quantitative estimate of drug-likeness (QED) is 0.622. The molecular weight excluding hydrogens is 136 g/mol. The van der Waals surface area contributed by atoms with Crippen LogP contribution in [0.25, 0.3) is 0 Å². The van der Waals surface area contributed by atoms with E-state index >= 15 is 0 Å². The summed E-state index contributed by atoms with van der Waals surface area (Å²) in [5, 5.41) is 0. The normalized spacial score (nSPS) is 16.7. The summed E-state index contributed by atoms with van der Waals surface area (Å²) in [6.45, 7) is 8.22. The van der Waals surface area contributed by atoms with Crippen molar-refractivity contribution in [3.05, 3.63) is 11.4 Å². The van der Waals surface area contributed by atoms with Gasteiger partial charge in [-0.3, -0.25) is 0 Å². The lowest BCUT2D eigenvalue weighted by molar-refractivity contribution is 0.645. The summed E-state index contributed by atoms with van der Waals surface area (Å²) in [5.74, 6) is 1.21. The van der Waals surface area contributed by atoms with E-state index in [4.69, 9.17) is 5.73 Å². The van der Waals surface area contributed by atoms with Gasteiger partial charge in [0.1, 0.15) is 5.82 Å². The molecule has 0 rings (SSSR count). The minimum Gasteiger partial charge on any atom is -0.384 e. The van der Waals surface area contributed by atoms with Crippen molar-refractivity contribution >= 4 is 6.21 Å². The minimum atomic E-state index is 0.540. The molecule has 0 aliphatic heterocycles. The van der Waals surface area contributed by atoms with E-state index in [1.54, 1.807) is 6.21 Å². The van der Waals surface area contributed by atoms with Crippen molar-refractivity contribution in [2.24, 2.45) is 16.6 Å². The van der Waals surface area contributed by atoms with Gasteiger partial charge in [0.25, 0.3) is 0 Å². The van der Waals surface area contributed by atoms with E-state index in [1.165, 1.54) is 5.57 Å². The second-order valence-corrected chi connectivity index (χ2v) is 2.76. The first kappa shape index (κ1) is 10.2. The van der Waals surface area contributed by atoms with Crippen LogP contribution in [0.4, 0.5) is 0 Å². The number of hydrogen-bond acceptors (Lipinski definition) is 2. The highest BCUT2D eigenvalue weighted by Gasteiger charge is 2.03. The van der Waals surface area contributed by atoms with Crippen LogP contribution in [-0.4, -0.2) is 6.21 Å². The molecule has 64 valence electrons. The Bertz CT molecular complexity index is 168. The fourth-order valence-electron chi connectivity index (χ4n) is 0.800. The average Bonchev–Trinajstić information content (AvgIpc) is 2.02. The molecule has 0 aromatic carbocycles. The predicted octanol–water partition coefficient (Wildman–Crippen LogP) is 2.31. The van der Waals surface area contributed by atoms with Crippen molar-refractivity contribution < 1.29 is 0 Å². The SMILES string of the molecule is CC=N/C(N)=C(\C)[C@@H](C)CC. The molecule has 2 nitrogen and oxygen atoms in total. The molecule has 0 unspecified atom stereocenters. The lowest BCUT2D eigenvalue weighted by Gasteiger charge is -2.09. The molecule has 0 heterocycles. The van der Waals surface area contributed by atoms with E-state index in [0.717, 1.165) is 6.42 Å². The Balaban J connectivity index is 4.38. The number of aliphatic imine (C=N–C) groups is 1. The molecule has 0 aromatic rings. The molecule has 0 radical (unpaired) electrons. The van der Waals surface area contributed by atoms with E-state index in [9.17, 15) is 0 Å². The number of allylic oxidation sites excluding steroid dienone is 1. The fourth-order valence-corrected chi connectivity index (χ4v) is 0.800. The first-order valence-corrected chi connectivity index (χ1v) is 4.08. The maximum Gasteiger partial charge on any atom is 0.122 e. The Morgan fingerprint density at radius 3 is 2.55 bits per heavy atom. The lowest BCUT2D eigenvalue weighted by Crippen LogP contribution is -2.04. The Labute approximate surface area is 69.2 Å². The molecule has 2 N–H and O–H groups in total. The smallest absolute Gasteiger partial charge is 0.122 e. The molecule has 0 bridgehead atoms. The number of rotatable bonds is 3. The molecule has 0 aliphatic rings. The first-order chi connectivity index (χ1) is 5.13. The molecule has 0 aliphatic carbocycles. The van der Waals surface area contributed by atoms with Crippen LogP contribution in [0.2, 0.25) is 0 Å². The zero-order valence-electron chi connectivity index (χ0n) is 7.89. The van der Waals surface area contributed by atoms with Crippen molar-refractivity contribution in [1.82, 2.24) is 0 Å². The van der Waals surface area contributed by atoms with E-state index in [1.807, 2.05) is 13.8 Å². The van der Waals surface area contributed by atoms with Gasteiger partial charge in [0.2, 0.25) is 0 Å². The minimum absolute atomic E-state index is 0.540. The van der Waals surface area contributed by atoms with Gasteiger partial charge in [0.05, 0.1) is 0 Å². The van der Waals surface area contributed by atoms with Crippen LogP contribution in [0.3, 0.4) is 0 Å². The van der Waals surface area contributed by atoms with Gasteiger partial charge >= 0.3 is 0 Å². The Hall–Kier alpha value is -0.790. The van der Waals surface area contributed by atoms with Crippen molar-refractivity contribution in [2.45, 2.75) is 34.1 Å². The maximum absolute atomic E-state index is 5.69. The summed E-state index contributed by atoms with van der Waals surface area (Å²) in [6, 6.07) is 0. The van der Waals surface area contributed by atoms with Gasteiger partial charge in [-0.15, -0.1) is 0 Å². The molecule has 0 saturated carbocycles. The van der Waals surface area contributed by atoms with Crippen LogP contribution < -0.4 is 5.73 Å². The third-order valence-corrected chi connectivity index (χ3v) is 2.02. The molecule has 0 fully saturated rings. The largest absolute Gasteiger partial charge is 0.384 e. The maximum atomic E-state index is 5.69. The number of nitrogens with zero attached hydrogens (tertiary/aromatic N) is 1. The van der Waals surface area contributed by atoms with Gasteiger partial charge in [-0.1, -0.05) is 13.8 Å². The molecule has 1 atom stereocenters. The second kappa shape index (κ2) is 4.94. The van der Waals surface area contributed by atoms with Gasteiger partial charge in [-0.2, -0.15) is 0 Å². The molecule has 0 aromatic heterocycles. The number of nitrogens with two attached hydrogens (primary N) is 1. The third kappa shape index (κ3) is 3.21. The van der Waals surface area contributed by atoms with Gasteiger partial charge in [-0.25, -0.2) is 4.99 Å². The molecular formula is C9H18N2. The first-order valence-electron chi connectivity index (χ1n) is 4.08. The van der Waals surface area contributed by atoms with Crippen molar-refractivity contribution in [3.8, 4) is 0 Å². The van der Waals surface area contributed by atoms with Crippen molar-refractivity contribution in [1.29, 1.82) is 0 Å². The van der Waals surface area contributed by atoms with Gasteiger partial charge in [0.15, 0.2) is 0 Å². The van der Waals surface area contributed by atoms with Crippen LogP contribution in [0.5, 0.6) is 0 Å². The van der Waals surface area contributed by atoms with Crippen LogP contribution in [0.1, 0.15) is 34.1 Å². The van der Waals surface area contributed by atoms with Crippen LogP contribution in [-0.2, 0) is 0 Å². The predicted molar refractivity (Wildman–Crippen MR) is 50.5 cm³/mol. The van der Waals surface area contributed by atoms with Crippen LogP contribution >= 0.6 is 0 Å². The molecule has 2 heteroatoms. The fraction of sp³-hybridized carbons (Fsp3) is 0.667. The summed E-state index contributed by atoms with van der Waals surface area (Å²) in [4.78, 5) is 4.03. The molecule has 0 saturated heterocycles. The topological polar surface area (TPSA) is 38.4 Å². The summed E-state index contributed by atoms with van der Waals surface area (Å²) in [7, 11) is 0. The highest BCUT2D eigenvalue weighted by Crippen LogP contribution is 2.15. The highest BCUT2D eigenvalue weighted by atomic mass is 14.9. The van der Waals surface area contributed by atoms with Crippen molar-refractivity contribution in [3.63, 3.8) is 0 Å². The molecule has 11 heavy (non-hydrogen) atoms. The third-order valence-electron chi connectivity index (χ3n) is 2.02.